The van der Waals surface area contributed by atoms with Gasteiger partial charge in [-0.15, -0.1) is 0 Å². The van der Waals surface area contributed by atoms with Crippen molar-refractivity contribution in [2.45, 2.75) is 25.3 Å². The van der Waals surface area contributed by atoms with Crippen LogP contribution < -0.4 is 5.73 Å². The molecule has 3 rings (SSSR count). The number of nitriles is 1. The minimum atomic E-state index is -0.759. The van der Waals surface area contributed by atoms with E-state index < -0.39 is 5.54 Å². The van der Waals surface area contributed by atoms with Crippen molar-refractivity contribution in [2.24, 2.45) is 10.7 Å². The van der Waals surface area contributed by atoms with Crippen molar-refractivity contribution in [3.8, 4) is 6.07 Å². The summed E-state index contributed by atoms with van der Waals surface area (Å²) in [5.41, 5.74) is 7.42. The largest absolute Gasteiger partial charge is 0.465 e. The molecule has 2 heterocycles. The molecule has 0 aliphatic carbocycles. The first-order chi connectivity index (χ1) is 11.5. The third kappa shape index (κ3) is 3.06. The minimum Gasteiger partial charge on any atom is -0.465 e. The highest BCUT2D eigenvalue weighted by Crippen LogP contribution is 2.34. The van der Waals surface area contributed by atoms with E-state index in [4.69, 9.17) is 10.5 Å². The van der Waals surface area contributed by atoms with E-state index in [1.807, 2.05) is 6.92 Å². The van der Waals surface area contributed by atoms with Gasteiger partial charge in [0.15, 0.2) is 0 Å². The van der Waals surface area contributed by atoms with Gasteiger partial charge in [-0.25, -0.2) is 9.38 Å². The van der Waals surface area contributed by atoms with Gasteiger partial charge in [-0.3, -0.25) is 4.98 Å². The molecule has 0 saturated heterocycles. The molecule has 0 unspecified atom stereocenters. The van der Waals surface area contributed by atoms with Gasteiger partial charge in [-0.05, 0) is 30.7 Å². The second kappa shape index (κ2) is 6.28. The number of aromatic nitrogens is 1. The number of nitrogens with zero attached hydrogens (tertiary/aromatic N) is 3. The van der Waals surface area contributed by atoms with Crippen molar-refractivity contribution in [2.75, 3.05) is 6.61 Å². The highest BCUT2D eigenvalue weighted by Gasteiger charge is 2.32. The molecule has 0 amide bonds. The predicted octanol–water partition coefficient (Wildman–Crippen LogP) is 2.63. The van der Waals surface area contributed by atoms with E-state index in [1.54, 1.807) is 30.5 Å². The number of amidine groups is 1. The third-order valence-electron chi connectivity index (χ3n) is 4.19. The maximum Gasteiger partial charge on any atom is 0.282 e. The first-order valence-electron chi connectivity index (χ1n) is 7.63. The van der Waals surface area contributed by atoms with Crippen molar-refractivity contribution in [3.63, 3.8) is 0 Å². The maximum atomic E-state index is 14.4. The standard InChI is InChI=1S/C18H17FN4O/c1-18(6-8-24-17(21)23-18)14-9-12(4-5-15(14)19)10-16-13(11-20)3-2-7-22-16/h2-5,7,9H,6,8,10H2,1H3,(H2,21,23)/t18-/m0/s1. The van der Waals surface area contributed by atoms with Crippen LogP contribution >= 0.6 is 0 Å². The summed E-state index contributed by atoms with van der Waals surface area (Å²) in [5.74, 6) is -0.332. The van der Waals surface area contributed by atoms with Crippen molar-refractivity contribution in [1.29, 1.82) is 5.26 Å². The van der Waals surface area contributed by atoms with Crippen LogP contribution in [0, 0.1) is 17.1 Å². The molecule has 0 saturated carbocycles. The molecule has 0 fully saturated rings. The molecule has 0 spiro atoms. The van der Waals surface area contributed by atoms with Crippen LogP contribution in [0.5, 0.6) is 0 Å². The van der Waals surface area contributed by atoms with Gasteiger partial charge in [0.1, 0.15) is 11.9 Å². The fourth-order valence-electron chi connectivity index (χ4n) is 2.85. The van der Waals surface area contributed by atoms with E-state index in [9.17, 15) is 9.65 Å². The van der Waals surface area contributed by atoms with Crippen molar-refractivity contribution in [3.05, 3.63) is 64.7 Å². The lowest BCUT2D eigenvalue weighted by atomic mass is 9.87. The van der Waals surface area contributed by atoms with Gasteiger partial charge in [-0.2, -0.15) is 5.26 Å². The Hall–Kier alpha value is -2.94. The van der Waals surface area contributed by atoms with Crippen LogP contribution in [-0.4, -0.2) is 17.6 Å². The molecule has 1 aliphatic rings. The number of rotatable bonds is 3. The first-order valence-corrected chi connectivity index (χ1v) is 7.63. The highest BCUT2D eigenvalue weighted by atomic mass is 19.1. The fraction of sp³-hybridized carbons (Fsp3) is 0.278. The average molecular weight is 324 g/mol. The maximum absolute atomic E-state index is 14.4. The normalized spacial score (nSPS) is 20.0. The summed E-state index contributed by atoms with van der Waals surface area (Å²) in [6, 6.07) is 10.5. The summed E-state index contributed by atoms with van der Waals surface area (Å²) in [7, 11) is 0. The van der Waals surface area contributed by atoms with Crippen LogP contribution in [-0.2, 0) is 16.7 Å². The van der Waals surface area contributed by atoms with E-state index in [0.29, 0.717) is 36.3 Å². The lowest BCUT2D eigenvalue weighted by Crippen LogP contribution is -2.34. The third-order valence-corrected chi connectivity index (χ3v) is 4.19. The molecular weight excluding hydrogens is 307 g/mol. The lowest BCUT2D eigenvalue weighted by molar-refractivity contribution is 0.215. The number of ether oxygens (including phenoxy) is 1. The fourth-order valence-corrected chi connectivity index (χ4v) is 2.85. The van der Waals surface area contributed by atoms with Crippen LogP contribution in [0.4, 0.5) is 4.39 Å². The summed E-state index contributed by atoms with van der Waals surface area (Å²) in [5, 5.41) is 9.17. The smallest absolute Gasteiger partial charge is 0.282 e. The minimum absolute atomic E-state index is 0.0741. The summed E-state index contributed by atoms with van der Waals surface area (Å²) < 4.78 is 19.5. The van der Waals surface area contributed by atoms with Gasteiger partial charge in [0, 0.05) is 24.6 Å². The molecule has 122 valence electrons. The van der Waals surface area contributed by atoms with E-state index in [-0.39, 0.29) is 11.8 Å². The monoisotopic (exact) mass is 324 g/mol. The second-order valence-corrected chi connectivity index (χ2v) is 5.92. The Labute approximate surface area is 139 Å². The Morgan fingerprint density at radius 3 is 3.00 bits per heavy atom. The van der Waals surface area contributed by atoms with Crippen LogP contribution in [0.15, 0.2) is 41.5 Å². The second-order valence-electron chi connectivity index (χ2n) is 5.92. The Kier molecular flexibility index (Phi) is 4.17. The number of benzene rings is 1. The quantitative estimate of drug-likeness (QED) is 0.940. The number of hydrogen-bond donors (Lipinski definition) is 1. The summed E-state index contributed by atoms with van der Waals surface area (Å²) in [4.78, 5) is 8.55. The van der Waals surface area contributed by atoms with Crippen LogP contribution in [0.2, 0.25) is 0 Å². The van der Waals surface area contributed by atoms with Crippen LogP contribution in [0.1, 0.15) is 35.7 Å². The van der Waals surface area contributed by atoms with Crippen molar-refractivity contribution in [1.82, 2.24) is 4.98 Å². The molecule has 2 N–H and O–H groups in total. The molecule has 1 aromatic carbocycles. The zero-order chi connectivity index (χ0) is 17.2. The summed E-state index contributed by atoms with van der Waals surface area (Å²) in [6.07, 6.45) is 2.63. The number of pyridine rings is 1. The predicted molar refractivity (Wildman–Crippen MR) is 87.7 cm³/mol. The SMILES string of the molecule is C[C@@]1(c2cc(Cc3ncccc3C#N)ccc2F)CCOC(N)=N1. The molecule has 24 heavy (non-hydrogen) atoms. The van der Waals surface area contributed by atoms with Crippen molar-refractivity contribution >= 4 is 6.02 Å². The van der Waals surface area contributed by atoms with E-state index >= 15 is 0 Å². The van der Waals surface area contributed by atoms with E-state index in [2.05, 4.69) is 16.0 Å². The zero-order valence-electron chi connectivity index (χ0n) is 13.3. The van der Waals surface area contributed by atoms with Gasteiger partial charge >= 0.3 is 0 Å². The van der Waals surface area contributed by atoms with Gasteiger partial charge in [0.25, 0.3) is 6.02 Å². The molecule has 0 bridgehead atoms. The molecule has 6 heteroatoms. The van der Waals surface area contributed by atoms with Gasteiger partial charge in [0.05, 0.1) is 23.4 Å². The lowest BCUT2D eigenvalue weighted by Gasteiger charge is -2.30. The molecule has 1 aromatic heterocycles. The molecule has 1 aliphatic heterocycles. The summed E-state index contributed by atoms with van der Waals surface area (Å²) >= 11 is 0. The topological polar surface area (TPSA) is 84.3 Å². The Balaban J connectivity index is 1.98. The Bertz CT molecular complexity index is 843. The zero-order valence-corrected chi connectivity index (χ0v) is 13.3. The van der Waals surface area contributed by atoms with E-state index in [0.717, 1.165) is 5.56 Å². The van der Waals surface area contributed by atoms with Crippen LogP contribution in [0.25, 0.3) is 0 Å². The molecule has 2 aromatic rings. The average Bonchev–Trinajstić information content (AvgIpc) is 2.57. The Morgan fingerprint density at radius 2 is 2.25 bits per heavy atom. The molecule has 0 radical (unpaired) electrons. The van der Waals surface area contributed by atoms with Crippen LogP contribution in [0.3, 0.4) is 0 Å². The molecule has 5 nitrogen and oxygen atoms in total. The molecule has 1 atom stereocenters. The summed E-state index contributed by atoms with van der Waals surface area (Å²) in [6.45, 7) is 2.24. The Morgan fingerprint density at radius 1 is 1.42 bits per heavy atom. The van der Waals surface area contributed by atoms with Gasteiger partial charge < -0.3 is 10.5 Å². The number of aliphatic imine (C=N–C) groups is 1. The van der Waals surface area contributed by atoms with Crippen molar-refractivity contribution < 1.29 is 9.13 Å². The number of halogens is 1. The highest BCUT2D eigenvalue weighted by molar-refractivity contribution is 5.72. The number of hydrogen-bond acceptors (Lipinski definition) is 5. The number of nitrogens with two attached hydrogens (primary N) is 1. The first kappa shape index (κ1) is 15.9. The van der Waals surface area contributed by atoms with Gasteiger partial charge in [0.2, 0.25) is 0 Å². The van der Waals surface area contributed by atoms with E-state index in [1.165, 1.54) is 6.07 Å². The molecular formula is C18H17FN4O. The van der Waals surface area contributed by atoms with Gasteiger partial charge in [-0.1, -0.05) is 12.1 Å².